The summed E-state index contributed by atoms with van der Waals surface area (Å²) < 4.78 is 60.8. The van der Waals surface area contributed by atoms with Gasteiger partial charge in [-0.05, 0) is 141 Å². The van der Waals surface area contributed by atoms with Crippen LogP contribution in [0.5, 0.6) is 0 Å². The lowest BCUT2D eigenvalue weighted by molar-refractivity contribution is -0.161. The molecule has 16 nitrogen and oxygen atoms in total. The lowest BCUT2D eigenvalue weighted by Gasteiger charge is -2.21. The van der Waals surface area contributed by atoms with Crippen LogP contribution in [0.25, 0.3) is 0 Å². The molecule has 0 saturated heterocycles. The molecule has 0 aromatic rings. The van der Waals surface area contributed by atoms with Gasteiger partial charge in [-0.2, -0.15) is 0 Å². The SMILES string of the molecule is CC/C=C\C/C=C\C/C=C\C/C=C\C/C=C\CCCC(=O)OCC(COP(=O)(O)OCC(O)COP(=O)(O)OCC(O)COC(=O)CCCCCCCCC/C=C\C/C=C\C/C=C\C/C=C\CCCCC)OC(=O)CCCCCC/C=C\C/C=C\C/C=C\C/C=C\CC. The zero-order chi connectivity index (χ0) is 68.1. The summed E-state index contributed by atoms with van der Waals surface area (Å²) in [5, 5.41) is 20.6. The molecular weight excluding hydrogens is 1220 g/mol. The summed E-state index contributed by atoms with van der Waals surface area (Å²) in [5.74, 6) is -1.70. The lowest BCUT2D eigenvalue weighted by Crippen LogP contribution is -2.30. The normalized spacial score (nSPS) is 15.1. The average Bonchev–Trinajstić information content (AvgIpc) is 3.67. The molecule has 5 unspecified atom stereocenters. The number of ether oxygens (including phenoxy) is 3. The average molecular weight is 1340 g/mol. The number of aliphatic hydroxyl groups is 2. The number of carbonyl (C=O) groups excluding carboxylic acids is 3. The van der Waals surface area contributed by atoms with Crippen molar-refractivity contribution in [3.05, 3.63) is 158 Å². The highest BCUT2D eigenvalue weighted by atomic mass is 31.2. The Morgan fingerprint density at radius 3 is 0.946 bits per heavy atom. The van der Waals surface area contributed by atoms with Crippen molar-refractivity contribution >= 4 is 33.6 Å². The fraction of sp³-hybridized carbons (Fsp3) is 0.613. The minimum Gasteiger partial charge on any atom is -0.463 e. The summed E-state index contributed by atoms with van der Waals surface area (Å²) in [6.45, 7) is 2.27. The number of hydrogen-bond donors (Lipinski definition) is 4. The van der Waals surface area contributed by atoms with E-state index in [0.717, 1.165) is 148 Å². The zero-order valence-corrected chi connectivity index (χ0v) is 58.9. The van der Waals surface area contributed by atoms with Crippen LogP contribution in [0.4, 0.5) is 0 Å². The number of esters is 3. The Bertz CT molecular complexity index is 2320. The van der Waals surface area contributed by atoms with Gasteiger partial charge in [0, 0.05) is 19.3 Å². The van der Waals surface area contributed by atoms with Crippen LogP contribution >= 0.6 is 15.6 Å². The van der Waals surface area contributed by atoms with Gasteiger partial charge in [-0.15, -0.1) is 0 Å². The number of hydrogen-bond acceptors (Lipinski definition) is 14. The van der Waals surface area contributed by atoms with Gasteiger partial charge in [0.2, 0.25) is 0 Å². The first-order chi connectivity index (χ1) is 45.2. The third kappa shape index (κ3) is 68.4. The van der Waals surface area contributed by atoms with E-state index in [1.807, 2.05) is 12.2 Å². The van der Waals surface area contributed by atoms with Gasteiger partial charge in [0.05, 0.1) is 26.4 Å². The molecule has 0 bridgehead atoms. The number of phosphoric ester groups is 2. The van der Waals surface area contributed by atoms with Gasteiger partial charge >= 0.3 is 33.6 Å². The quantitative estimate of drug-likeness (QED) is 0.0146. The van der Waals surface area contributed by atoms with E-state index in [1.165, 1.54) is 25.7 Å². The van der Waals surface area contributed by atoms with Crippen LogP contribution in [0, 0.1) is 0 Å². The smallest absolute Gasteiger partial charge is 0.463 e. The molecule has 528 valence electrons. The van der Waals surface area contributed by atoms with Gasteiger partial charge in [-0.1, -0.05) is 237 Å². The van der Waals surface area contributed by atoms with E-state index in [1.54, 1.807) is 0 Å². The third-order valence-electron chi connectivity index (χ3n) is 13.7. The Labute approximate surface area is 561 Å². The molecule has 5 atom stereocenters. The van der Waals surface area contributed by atoms with Gasteiger partial charge in [0.15, 0.2) is 6.10 Å². The fourth-order valence-electron chi connectivity index (χ4n) is 8.46. The van der Waals surface area contributed by atoms with Crippen molar-refractivity contribution in [1.29, 1.82) is 0 Å². The molecule has 0 heterocycles. The highest BCUT2D eigenvalue weighted by molar-refractivity contribution is 7.47. The predicted molar refractivity (Wildman–Crippen MR) is 380 cm³/mol. The Hall–Kier alpha value is -4.83. The Balaban J connectivity index is 4.74. The van der Waals surface area contributed by atoms with Crippen LogP contribution < -0.4 is 0 Å². The van der Waals surface area contributed by atoms with Crippen molar-refractivity contribution in [3.8, 4) is 0 Å². The first-order valence-electron chi connectivity index (χ1n) is 34.8. The van der Waals surface area contributed by atoms with Gasteiger partial charge < -0.3 is 34.2 Å². The van der Waals surface area contributed by atoms with Crippen molar-refractivity contribution in [3.63, 3.8) is 0 Å². The molecule has 0 saturated carbocycles. The molecule has 0 aliphatic heterocycles. The van der Waals surface area contributed by atoms with E-state index in [2.05, 4.69) is 167 Å². The number of rotatable bonds is 64. The summed E-state index contributed by atoms with van der Waals surface area (Å²) in [7, 11) is -9.82. The summed E-state index contributed by atoms with van der Waals surface area (Å²) in [5.41, 5.74) is 0. The largest absolute Gasteiger partial charge is 0.472 e. The molecule has 0 aromatic carbocycles. The Morgan fingerprint density at radius 2 is 0.581 bits per heavy atom. The van der Waals surface area contributed by atoms with Gasteiger partial charge in [0.25, 0.3) is 0 Å². The summed E-state index contributed by atoms with van der Waals surface area (Å²) in [6, 6.07) is 0. The number of allylic oxidation sites excluding steroid dienone is 26. The summed E-state index contributed by atoms with van der Waals surface area (Å²) in [6.07, 6.45) is 81.6. The standard InChI is InChI=1S/C75H122O16P2/c1-4-7-10-13-16-19-22-25-28-31-32-33-34-35-36-39-41-43-46-49-52-55-58-61-73(78)85-64-70(76)65-87-92(81,82)88-66-71(77)67-89-93(83,84)90-69-72(91-75(80)63-60-57-54-51-48-45-42-38-30-27-24-21-18-15-12-9-6-3)68-86-74(79)62-59-56-53-50-47-44-40-37-29-26-23-20-17-14-11-8-5-2/h8-9,11-12,16-21,25-30,32-33,35-36,40,42,44-45,50,53,70-72,76-77H,4-7,10,13-15,22-24,31,34,37-39,41,43,46-49,51-52,54-69H2,1-3H3,(H,81,82)(H,83,84)/b11-8-,12-9-,19-16-,20-17-,21-18-,28-25-,29-26-,30-27-,33-32-,36-35-,44-40-,45-42-,53-50-. The van der Waals surface area contributed by atoms with Crippen molar-refractivity contribution in [2.24, 2.45) is 0 Å². The van der Waals surface area contributed by atoms with E-state index < -0.39 is 91.5 Å². The Kier molecular flexibility index (Phi) is 63.7. The van der Waals surface area contributed by atoms with Crippen molar-refractivity contribution in [1.82, 2.24) is 0 Å². The van der Waals surface area contributed by atoms with Gasteiger partial charge in [-0.25, -0.2) is 9.13 Å². The highest BCUT2D eigenvalue weighted by Crippen LogP contribution is 2.45. The summed E-state index contributed by atoms with van der Waals surface area (Å²) >= 11 is 0. The minimum atomic E-state index is -4.95. The number of carbonyl (C=O) groups is 3. The van der Waals surface area contributed by atoms with Crippen LogP contribution in [0.3, 0.4) is 0 Å². The van der Waals surface area contributed by atoms with Crippen molar-refractivity contribution < 1.29 is 75.8 Å². The van der Waals surface area contributed by atoms with Crippen LogP contribution in [-0.2, 0) is 55.8 Å². The van der Waals surface area contributed by atoms with Crippen molar-refractivity contribution in [2.45, 2.75) is 257 Å². The maximum Gasteiger partial charge on any atom is 0.472 e. The molecule has 0 aliphatic rings. The molecule has 0 fully saturated rings. The van der Waals surface area contributed by atoms with Crippen LogP contribution in [0.15, 0.2) is 158 Å². The molecule has 0 aliphatic carbocycles. The maximum atomic E-state index is 12.9. The highest BCUT2D eigenvalue weighted by Gasteiger charge is 2.29. The maximum absolute atomic E-state index is 12.9. The molecule has 0 aromatic heterocycles. The zero-order valence-electron chi connectivity index (χ0n) is 57.1. The molecule has 93 heavy (non-hydrogen) atoms. The van der Waals surface area contributed by atoms with E-state index in [4.69, 9.17) is 32.3 Å². The van der Waals surface area contributed by atoms with Crippen LogP contribution in [-0.4, -0.2) is 95.9 Å². The predicted octanol–water partition coefficient (Wildman–Crippen LogP) is 19.5. The molecule has 4 N–H and O–H groups in total. The van der Waals surface area contributed by atoms with Gasteiger partial charge in [-0.3, -0.25) is 32.5 Å². The van der Waals surface area contributed by atoms with E-state index in [-0.39, 0.29) is 19.3 Å². The van der Waals surface area contributed by atoms with Crippen molar-refractivity contribution in [2.75, 3.05) is 39.6 Å². The van der Waals surface area contributed by atoms with Gasteiger partial charge in [0.1, 0.15) is 25.4 Å². The van der Waals surface area contributed by atoms with E-state index in [9.17, 15) is 43.5 Å². The second-order valence-electron chi connectivity index (χ2n) is 22.6. The topological polar surface area (TPSA) is 231 Å². The number of unbranched alkanes of at least 4 members (excludes halogenated alkanes) is 15. The lowest BCUT2D eigenvalue weighted by atomic mass is 10.1. The fourth-order valence-corrected chi connectivity index (χ4v) is 10.0. The van der Waals surface area contributed by atoms with Crippen LogP contribution in [0.2, 0.25) is 0 Å². The Morgan fingerprint density at radius 1 is 0.312 bits per heavy atom. The van der Waals surface area contributed by atoms with E-state index in [0.29, 0.717) is 25.7 Å². The number of aliphatic hydroxyl groups excluding tert-OH is 2. The summed E-state index contributed by atoms with van der Waals surface area (Å²) in [4.78, 5) is 58.4. The first kappa shape index (κ1) is 88.2. The molecule has 0 amide bonds. The van der Waals surface area contributed by atoms with Crippen LogP contribution in [0.1, 0.15) is 239 Å². The molecule has 18 heteroatoms. The third-order valence-corrected chi connectivity index (χ3v) is 15.6. The molecular formula is C75H122O16P2. The molecule has 0 spiro atoms. The second kappa shape index (κ2) is 67.2. The first-order valence-corrected chi connectivity index (χ1v) is 37.8. The molecule has 0 rings (SSSR count). The number of phosphoric acid groups is 2. The minimum absolute atomic E-state index is 0.0577. The monoisotopic (exact) mass is 1340 g/mol. The molecule has 0 radical (unpaired) electrons. The van der Waals surface area contributed by atoms with E-state index >= 15 is 0 Å². The second-order valence-corrected chi connectivity index (χ2v) is 25.5.